The Morgan fingerprint density at radius 1 is 1.67 bits per heavy atom. The molecule has 0 spiro atoms. The van der Waals surface area contributed by atoms with Gasteiger partial charge in [-0.3, -0.25) is 4.68 Å². The standard InChI is InChI=1S/C12H20N4O2/c1-10(8-15-5-3-4-13-15)14-12(17)16-6-7-18-9-11(16)2/h3-5,10-11H,6-9H2,1-2H3,(H,14,17)/t10-,11-/m0/s1. The molecule has 6 heteroatoms. The van der Waals surface area contributed by atoms with Crippen LogP contribution in [0.15, 0.2) is 18.5 Å². The van der Waals surface area contributed by atoms with Crippen LogP contribution in [0.25, 0.3) is 0 Å². The molecule has 2 heterocycles. The van der Waals surface area contributed by atoms with E-state index >= 15 is 0 Å². The van der Waals surface area contributed by atoms with E-state index in [1.54, 1.807) is 6.20 Å². The van der Waals surface area contributed by atoms with Gasteiger partial charge in [-0.15, -0.1) is 0 Å². The Labute approximate surface area is 107 Å². The largest absolute Gasteiger partial charge is 0.377 e. The van der Waals surface area contributed by atoms with E-state index in [1.165, 1.54) is 0 Å². The van der Waals surface area contributed by atoms with Crippen LogP contribution in [0.4, 0.5) is 4.79 Å². The number of nitrogens with zero attached hydrogens (tertiary/aromatic N) is 3. The highest BCUT2D eigenvalue weighted by Crippen LogP contribution is 2.06. The van der Waals surface area contributed by atoms with Gasteiger partial charge in [0.15, 0.2) is 0 Å². The molecule has 0 bridgehead atoms. The van der Waals surface area contributed by atoms with Crippen LogP contribution in [0.1, 0.15) is 13.8 Å². The van der Waals surface area contributed by atoms with Crippen LogP contribution in [0.2, 0.25) is 0 Å². The summed E-state index contributed by atoms with van der Waals surface area (Å²) in [4.78, 5) is 13.9. The summed E-state index contributed by atoms with van der Waals surface area (Å²) in [5.41, 5.74) is 0. The molecule has 0 aromatic carbocycles. The predicted molar refractivity (Wildman–Crippen MR) is 67.2 cm³/mol. The third-order valence-electron chi connectivity index (χ3n) is 3.02. The molecular formula is C12H20N4O2. The van der Waals surface area contributed by atoms with Gasteiger partial charge in [-0.2, -0.15) is 5.10 Å². The molecule has 0 radical (unpaired) electrons. The molecule has 2 rings (SSSR count). The van der Waals surface area contributed by atoms with Crippen molar-refractivity contribution in [1.29, 1.82) is 0 Å². The van der Waals surface area contributed by atoms with Crippen LogP contribution in [0.3, 0.4) is 0 Å². The fourth-order valence-electron chi connectivity index (χ4n) is 2.06. The monoisotopic (exact) mass is 252 g/mol. The van der Waals surface area contributed by atoms with Crippen LogP contribution in [-0.4, -0.2) is 52.6 Å². The van der Waals surface area contributed by atoms with Crippen molar-refractivity contribution in [3.8, 4) is 0 Å². The first-order valence-corrected chi connectivity index (χ1v) is 6.29. The van der Waals surface area contributed by atoms with E-state index in [2.05, 4.69) is 10.4 Å². The highest BCUT2D eigenvalue weighted by molar-refractivity contribution is 5.74. The van der Waals surface area contributed by atoms with Gasteiger partial charge in [0, 0.05) is 25.0 Å². The number of nitrogens with one attached hydrogen (secondary N) is 1. The Kier molecular flexibility index (Phi) is 4.19. The van der Waals surface area contributed by atoms with Gasteiger partial charge in [0.1, 0.15) is 0 Å². The summed E-state index contributed by atoms with van der Waals surface area (Å²) >= 11 is 0. The lowest BCUT2D eigenvalue weighted by Crippen LogP contribution is -2.53. The van der Waals surface area contributed by atoms with Crippen LogP contribution >= 0.6 is 0 Å². The zero-order valence-corrected chi connectivity index (χ0v) is 10.9. The number of amides is 2. The summed E-state index contributed by atoms with van der Waals surface area (Å²) in [6, 6.07) is 2.03. The lowest BCUT2D eigenvalue weighted by atomic mass is 10.2. The zero-order valence-electron chi connectivity index (χ0n) is 10.9. The lowest BCUT2D eigenvalue weighted by molar-refractivity contribution is 0.0184. The molecule has 6 nitrogen and oxygen atoms in total. The van der Waals surface area contributed by atoms with Gasteiger partial charge in [-0.25, -0.2) is 4.79 Å². The van der Waals surface area contributed by atoms with Crippen molar-refractivity contribution >= 4 is 6.03 Å². The Balaban J connectivity index is 1.82. The minimum absolute atomic E-state index is 0.0227. The van der Waals surface area contributed by atoms with Crippen molar-refractivity contribution in [3.63, 3.8) is 0 Å². The number of carbonyl (C=O) groups is 1. The summed E-state index contributed by atoms with van der Waals surface area (Å²) < 4.78 is 7.13. The van der Waals surface area contributed by atoms with Crippen molar-refractivity contribution in [1.82, 2.24) is 20.0 Å². The van der Waals surface area contributed by atoms with E-state index in [4.69, 9.17) is 4.74 Å². The third-order valence-corrected chi connectivity index (χ3v) is 3.02. The van der Waals surface area contributed by atoms with Crippen molar-refractivity contribution in [3.05, 3.63) is 18.5 Å². The number of aromatic nitrogens is 2. The van der Waals surface area contributed by atoms with Crippen LogP contribution in [0.5, 0.6) is 0 Å². The molecule has 0 saturated carbocycles. The molecule has 2 amide bonds. The summed E-state index contributed by atoms with van der Waals surface area (Å²) in [5.74, 6) is 0. The SMILES string of the molecule is C[C@@H](Cn1cccn1)NC(=O)N1CCOC[C@@H]1C. The van der Waals surface area contributed by atoms with Gasteiger partial charge in [-0.1, -0.05) is 0 Å². The quantitative estimate of drug-likeness (QED) is 0.861. The average Bonchev–Trinajstić information content (AvgIpc) is 2.82. The van der Waals surface area contributed by atoms with E-state index in [-0.39, 0.29) is 18.1 Å². The first kappa shape index (κ1) is 12.9. The molecule has 1 aromatic rings. The number of carbonyl (C=O) groups excluding carboxylic acids is 1. The molecule has 1 aliphatic heterocycles. The average molecular weight is 252 g/mol. The van der Waals surface area contributed by atoms with Crippen molar-refractivity contribution in [2.24, 2.45) is 0 Å². The zero-order chi connectivity index (χ0) is 13.0. The minimum Gasteiger partial charge on any atom is -0.377 e. The minimum atomic E-state index is -0.0227. The van der Waals surface area contributed by atoms with E-state index in [0.29, 0.717) is 26.3 Å². The van der Waals surface area contributed by atoms with Crippen LogP contribution in [-0.2, 0) is 11.3 Å². The fraction of sp³-hybridized carbons (Fsp3) is 0.667. The molecule has 100 valence electrons. The van der Waals surface area contributed by atoms with E-state index in [1.807, 2.05) is 35.7 Å². The van der Waals surface area contributed by atoms with Crippen LogP contribution < -0.4 is 5.32 Å². The second kappa shape index (κ2) is 5.86. The third kappa shape index (κ3) is 3.22. The normalized spacial score (nSPS) is 21.7. The Bertz CT molecular complexity index is 379. The summed E-state index contributed by atoms with van der Waals surface area (Å²) in [6.07, 6.45) is 3.62. The highest BCUT2D eigenvalue weighted by Gasteiger charge is 2.24. The second-order valence-corrected chi connectivity index (χ2v) is 4.70. The molecule has 1 aromatic heterocycles. The van der Waals surface area contributed by atoms with Gasteiger partial charge >= 0.3 is 6.03 Å². The smallest absolute Gasteiger partial charge is 0.318 e. The van der Waals surface area contributed by atoms with Gasteiger partial charge in [-0.05, 0) is 19.9 Å². The lowest BCUT2D eigenvalue weighted by Gasteiger charge is -2.34. The van der Waals surface area contributed by atoms with Gasteiger partial charge in [0.05, 0.1) is 25.8 Å². The van der Waals surface area contributed by atoms with Crippen molar-refractivity contribution in [2.45, 2.75) is 32.5 Å². The van der Waals surface area contributed by atoms with E-state index in [9.17, 15) is 4.79 Å². The van der Waals surface area contributed by atoms with Gasteiger partial charge < -0.3 is 15.0 Å². The molecule has 1 fully saturated rings. The predicted octanol–water partition coefficient (Wildman–Crippen LogP) is 0.702. The number of ether oxygens (including phenoxy) is 1. The maximum atomic E-state index is 12.1. The molecular weight excluding hydrogens is 232 g/mol. The van der Waals surface area contributed by atoms with Crippen LogP contribution in [0, 0.1) is 0 Å². The maximum Gasteiger partial charge on any atom is 0.318 e. The topological polar surface area (TPSA) is 59.4 Å². The van der Waals surface area contributed by atoms with Crippen molar-refractivity contribution < 1.29 is 9.53 Å². The first-order chi connectivity index (χ1) is 8.66. The molecule has 2 atom stereocenters. The van der Waals surface area contributed by atoms with Gasteiger partial charge in [0.25, 0.3) is 0 Å². The number of hydrogen-bond acceptors (Lipinski definition) is 3. The Hall–Kier alpha value is -1.56. The fourth-order valence-corrected chi connectivity index (χ4v) is 2.06. The second-order valence-electron chi connectivity index (χ2n) is 4.70. The van der Waals surface area contributed by atoms with E-state index < -0.39 is 0 Å². The molecule has 1 saturated heterocycles. The maximum absolute atomic E-state index is 12.1. The number of rotatable bonds is 3. The number of hydrogen-bond donors (Lipinski definition) is 1. The summed E-state index contributed by atoms with van der Waals surface area (Å²) in [6.45, 7) is 6.53. The molecule has 0 unspecified atom stereocenters. The number of morpholine rings is 1. The Morgan fingerprint density at radius 2 is 2.50 bits per heavy atom. The van der Waals surface area contributed by atoms with Gasteiger partial charge in [0.2, 0.25) is 0 Å². The first-order valence-electron chi connectivity index (χ1n) is 6.29. The highest BCUT2D eigenvalue weighted by atomic mass is 16.5. The molecule has 1 N–H and O–H groups in total. The van der Waals surface area contributed by atoms with E-state index in [0.717, 1.165) is 0 Å². The molecule has 1 aliphatic rings. The summed E-state index contributed by atoms with van der Waals surface area (Å²) in [7, 11) is 0. The Morgan fingerprint density at radius 3 is 3.17 bits per heavy atom. The molecule has 0 aliphatic carbocycles. The number of urea groups is 1. The molecule has 18 heavy (non-hydrogen) atoms. The summed E-state index contributed by atoms with van der Waals surface area (Å²) in [5, 5.41) is 7.11. The van der Waals surface area contributed by atoms with Crippen molar-refractivity contribution in [2.75, 3.05) is 19.8 Å².